The molecular weight excluding hydrogens is 422 g/mol. The summed E-state index contributed by atoms with van der Waals surface area (Å²) in [6.45, 7) is 2.05. The van der Waals surface area contributed by atoms with Crippen LogP contribution in [0, 0.1) is 23.6 Å². The normalized spacial score (nSPS) is 25.4. The highest BCUT2D eigenvalue weighted by Crippen LogP contribution is 2.45. The first-order valence-corrected chi connectivity index (χ1v) is 14.1. The quantitative estimate of drug-likeness (QED) is 0.306. The van der Waals surface area contributed by atoms with Crippen LogP contribution in [0.25, 0.3) is 11.1 Å². The van der Waals surface area contributed by atoms with E-state index in [0.717, 1.165) is 36.2 Å². The van der Waals surface area contributed by atoms with Crippen molar-refractivity contribution < 1.29 is 8.78 Å². The van der Waals surface area contributed by atoms with Gasteiger partial charge in [-0.05, 0) is 104 Å². The van der Waals surface area contributed by atoms with Gasteiger partial charge >= 0.3 is 0 Å². The van der Waals surface area contributed by atoms with E-state index in [1.54, 1.807) is 6.07 Å². The van der Waals surface area contributed by atoms with E-state index in [0.29, 0.717) is 17.9 Å². The van der Waals surface area contributed by atoms with Crippen molar-refractivity contribution in [1.29, 1.82) is 0 Å². The lowest BCUT2D eigenvalue weighted by molar-refractivity contribution is 0.156. The highest BCUT2D eigenvalue weighted by molar-refractivity contribution is 5.65. The highest BCUT2D eigenvalue weighted by atomic mass is 19.1. The molecule has 0 spiro atoms. The van der Waals surface area contributed by atoms with E-state index in [9.17, 15) is 4.39 Å². The van der Waals surface area contributed by atoms with Crippen LogP contribution < -0.4 is 0 Å². The first-order valence-electron chi connectivity index (χ1n) is 14.1. The van der Waals surface area contributed by atoms with Crippen LogP contribution in [0.15, 0.2) is 42.5 Å². The van der Waals surface area contributed by atoms with Crippen LogP contribution in [0.5, 0.6) is 0 Å². The summed E-state index contributed by atoms with van der Waals surface area (Å²) in [6.07, 6.45) is 17.4. The van der Waals surface area contributed by atoms with Gasteiger partial charge in [0, 0.05) is 5.56 Å². The first kappa shape index (κ1) is 25.4. The molecule has 0 unspecified atom stereocenters. The molecule has 0 aliphatic heterocycles. The molecule has 2 fully saturated rings. The number of hydrogen-bond acceptors (Lipinski definition) is 0. The number of rotatable bonds is 10. The Hall–Kier alpha value is -1.70. The molecule has 0 heterocycles. The molecule has 0 radical (unpaired) electrons. The van der Waals surface area contributed by atoms with Gasteiger partial charge in [0.2, 0.25) is 0 Å². The zero-order valence-corrected chi connectivity index (χ0v) is 21.2. The summed E-state index contributed by atoms with van der Waals surface area (Å²) in [5.41, 5.74) is 4.00. The predicted octanol–water partition coefficient (Wildman–Crippen LogP) is 10.1. The molecule has 0 atom stereocenters. The van der Waals surface area contributed by atoms with Gasteiger partial charge in [0.15, 0.2) is 0 Å². The molecule has 2 saturated carbocycles. The van der Waals surface area contributed by atoms with Crippen molar-refractivity contribution in [1.82, 2.24) is 0 Å². The monoisotopic (exact) mass is 466 g/mol. The highest BCUT2D eigenvalue weighted by Gasteiger charge is 2.31. The van der Waals surface area contributed by atoms with Crippen molar-refractivity contribution in [2.75, 3.05) is 6.67 Å². The third-order valence-corrected chi connectivity index (χ3v) is 8.87. The maximum Gasteiger partial charge on any atom is 0.131 e. The van der Waals surface area contributed by atoms with Gasteiger partial charge in [-0.2, -0.15) is 0 Å². The van der Waals surface area contributed by atoms with Gasteiger partial charge in [0.25, 0.3) is 0 Å². The fraction of sp³-hybridized carbons (Fsp3) is 0.625. The van der Waals surface area contributed by atoms with Gasteiger partial charge in [-0.1, -0.05) is 75.4 Å². The standard InChI is InChI=1S/C32H44F2/c1-2-3-6-24-8-12-26(13-9-24)27-16-18-28(19-17-27)30-20-21-31(32(34)23-30)29-14-10-25(11-15-29)7-4-5-22-33/h10-11,14-15,20-21,23-24,26-28H,2-9,12-13,16-19,22H2,1H3. The summed E-state index contributed by atoms with van der Waals surface area (Å²) < 4.78 is 27.4. The van der Waals surface area contributed by atoms with Gasteiger partial charge in [0.05, 0.1) is 6.67 Å². The Morgan fingerprint density at radius 3 is 2.06 bits per heavy atom. The fourth-order valence-corrected chi connectivity index (χ4v) is 6.66. The maximum absolute atomic E-state index is 15.1. The molecule has 2 aromatic carbocycles. The molecule has 2 aliphatic carbocycles. The van der Waals surface area contributed by atoms with Crippen molar-refractivity contribution >= 4 is 0 Å². The number of unbranched alkanes of at least 4 members (excludes halogenated alkanes) is 2. The van der Waals surface area contributed by atoms with E-state index >= 15 is 4.39 Å². The summed E-state index contributed by atoms with van der Waals surface area (Å²) in [7, 11) is 0. The lowest BCUT2D eigenvalue weighted by Gasteiger charge is -2.38. The average molecular weight is 467 g/mol. The molecule has 34 heavy (non-hydrogen) atoms. The minimum Gasteiger partial charge on any atom is -0.251 e. The summed E-state index contributed by atoms with van der Waals surface area (Å²) in [5.74, 6) is 3.24. The molecule has 0 N–H and O–H groups in total. The summed E-state index contributed by atoms with van der Waals surface area (Å²) in [5, 5.41) is 0. The molecule has 186 valence electrons. The zero-order valence-electron chi connectivity index (χ0n) is 21.2. The number of benzene rings is 2. The Morgan fingerprint density at radius 1 is 0.765 bits per heavy atom. The van der Waals surface area contributed by atoms with Crippen LogP contribution in [0.2, 0.25) is 0 Å². The Balaban J connectivity index is 1.28. The first-order chi connectivity index (χ1) is 16.7. The summed E-state index contributed by atoms with van der Waals surface area (Å²) >= 11 is 0. The third kappa shape index (κ3) is 6.70. The van der Waals surface area contributed by atoms with Crippen LogP contribution in [0.1, 0.15) is 107 Å². The summed E-state index contributed by atoms with van der Waals surface area (Å²) in [4.78, 5) is 0. The van der Waals surface area contributed by atoms with E-state index in [1.807, 2.05) is 18.2 Å². The van der Waals surface area contributed by atoms with Gasteiger partial charge in [-0.25, -0.2) is 4.39 Å². The van der Waals surface area contributed by atoms with Crippen molar-refractivity contribution in [3.05, 3.63) is 59.4 Å². The Bertz CT molecular complexity index is 855. The van der Waals surface area contributed by atoms with Crippen molar-refractivity contribution in [2.24, 2.45) is 17.8 Å². The lowest BCUT2D eigenvalue weighted by atomic mass is 9.68. The number of halogens is 2. The fourth-order valence-electron chi connectivity index (χ4n) is 6.66. The average Bonchev–Trinajstić information content (AvgIpc) is 2.88. The van der Waals surface area contributed by atoms with Crippen LogP contribution in [0.4, 0.5) is 8.78 Å². The molecule has 0 aromatic heterocycles. The SMILES string of the molecule is CCCCC1CCC(C2CCC(c3ccc(-c4ccc(CCCCF)cc4)c(F)c3)CC2)CC1. The molecule has 0 nitrogen and oxygen atoms in total. The van der Waals surface area contributed by atoms with E-state index < -0.39 is 0 Å². The minimum absolute atomic E-state index is 0.102. The molecule has 0 bridgehead atoms. The molecule has 2 heteroatoms. The number of alkyl halides is 1. The van der Waals surface area contributed by atoms with Crippen molar-refractivity contribution in [2.45, 2.75) is 103 Å². The molecule has 0 amide bonds. The van der Waals surface area contributed by atoms with Crippen LogP contribution >= 0.6 is 0 Å². The van der Waals surface area contributed by atoms with Crippen LogP contribution in [0.3, 0.4) is 0 Å². The number of hydrogen-bond donors (Lipinski definition) is 0. The second kappa shape index (κ2) is 12.8. The molecular formula is C32H44F2. The largest absolute Gasteiger partial charge is 0.251 e. The lowest BCUT2D eigenvalue weighted by Crippen LogP contribution is -2.25. The molecule has 4 rings (SSSR count). The van der Waals surface area contributed by atoms with E-state index in [1.165, 1.54) is 81.8 Å². The maximum atomic E-state index is 15.1. The van der Waals surface area contributed by atoms with E-state index in [4.69, 9.17) is 0 Å². The van der Waals surface area contributed by atoms with Crippen molar-refractivity contribution in [3.8, 4) is 11.1 Å². The molecule has 2 aliphatic rings. The molecule has 2 aromatic rings. The third-order valence-electron chi connectivity index (χ3n) is 8.87. The smallest absolute Gasteiger partial charge is 0.131 e. The predicted molar refractivity (Wildman–Crippen MR) is 140 cm³/mol. The minimum atomic E-state index is -0.253. The Kier molecular flexibility index (Phi) is 9.59. The van der Waals surface area contributed by atoms with Crippen LogP contribution in [-0.2, 0) is 6.42 Å². The van der Waals surface area contributed by atoms with E-state index in [2.05, 4.69) is 25.1 Å². The van der Waals surface area contributed by atoms with E-state index in [-0.39, 0.29) is 12.5 Å². The number of aryl methyl sites for hydroxylation is 1. The molecule has 0 saturated heterocycles. The van der Waals surface area contributed by atoms with Crippen molar-refractivity contribution in [3.63, 3.8) is 0 Å². The second-order valence-corrected chi connectivity index (χ2v) is 11.1. The Labute approximate surface area is 206 Å². The topological polar surface area (TPSA) is 0 Å². The second-order valence-electron chi connectivity index (χ2n) is 11.1. The van der Waals surface area contributed by atoms with Gasteiger partial charge in [-0.15, -0.1) is 0 Å². The zero-order chi connectivity index (χ0) is 23.8. The van der Waals surface area contributed by atoms with Crippen LogP contribution in [-0.4, -0.2) is 6.67 Å². The van der Waals surface area contributed by atoms with Gasteiger partial charge < -0.3 is 0 Å². The summed E-state index contributed by atoms with van der Waals surface area (Å²) in [6, 6.07) is 14.1. The Morgan fingerprint density at radius 2 is 1.44 bits per heavy atom. The van der Waals surface area contributed by atoms with Gasteiger partial charge in [-0.3, -0.25) is 4.39 Å². The van der Waals surface area contributed by atoms with Gasteiger partial charge in [0.1, 0.15) is 5.82 Å².